The van der Waals surface area contributed by atoms with Crippen molar-refractivity contribution in [3.8, 4) is 0 Å². The number of hydrogen-bond donors (Lipinski definition) is 1. The minimum absolute atomic E-state index is 0.426. The van der Waals surface area contributed by atoms with Gasteiger partial charge in [0.25, 0.3) is 0 Å². The van der Waals surface area contributed by atoms with Crippen molar-refractivity contribution in [3.63, 3.8) is 0 Å². The first-order chi connectivity index (χ1) is 9.36. The minimum atomic E-state index is 0.426. The Morgan fingerprint density at radius 3 is 2.40 bits per heavy atom. The molecule has 0 amide bonds. The third kappa shape index (κ3) is 2.39. The van der Waals surface area contributed by atoms with E-state index in [-0.39, 0.29) is 0 Å². The first kappa shape index (κ1) is 14.8. The molecule has 0 fully saturated rings. The molecule has 0 radical (unpaired) electrons. The van der Waals surface area contributed by atoms with Crippen molar-refractivity contribution in [1.82, 2.24) is 14.5 Å². The Hall–Kier alpha value is -1.58. The molecule has 2 atom stereocenters. The van der Waals surface area contributed by atoms with Crippen LogP contribution in [0.3, 0.4) is 0 Å². The predicted octanol–water partition coefficient (Wildman–Crippen LogP) is 3.94. The van der Waals surface area contributed by atoms with Crippen molar-refractivity contribution in [1.29, 1.82) is 0 Å². The molecule has 2 rings (SSSR count). The molecule has 0 saturated carbocycles. The highest BCUT2D eigenvalue weighted by Crippen LogP contribution is 2.32. The Bertz CT molecular complexity index is 627. The molecular weight excluding hydrogens is 248 g/mol. The van der Waals surface area contributed by atoms with Gasteiger partial charge in [-0.3, -0.25) is 0 Å². The summed E-state index contributed by atoms with van der Waals surface area (Å²) in [4.78, 5) is 8.95. The van der Waals surface area contributed by atoms with Crippen LogP contribution >= 0.6 is 0 Å². The van der Waals surface area contributed by atoms with Crippen LogP contribution in [0.2, 0.25) is 0 Å². The standard InChI is InChI=1S/C16H26N4/c1-7-9(2)8-10(3)20-12(5)11(4)14-15(17)18-13(6)19-16(14)20/h9-10H,7-8H2,1-6H3,(H2,17,18,19). The van der Waals surface area contributed by atoms with Gasteiger partial charge in [-0.2, -0.15) is 0 Å². The summed E-state index contributed by atoms with van der Waals surface area (Å²) < 4.78 is 2.34. The van der Waals surface area contributed by atoms with Crippen molar-refractivity contribution in [2.45, 2.75) is 60.4 Å². The predicted molar refractivity (Wildman–Crippen MR) is 84.9 cm³/mol. The van der Waals surface area contributed by atoms with Crippen molar-refractivity contribution in [3.05, 3.63) is 17.1 Å². The van der Waals surface area contributed by atoms with E-state index in [1.165, 1.54) is 17.7 Å². The topological polar surface area (TPSA) is 56.7 Å². The van der Waals surface area contributed by atoms with E-state index >= 15 is 0 Å². The molecule has 2 aromatic heterocycles. The summed E-state index contributed by atoms with van der Waals surface area (Å²) in [6.07, 6.45) is 2.36. The number of nitrogens with zero attached hydrogens (tertiary/aromatic N) is 3. The van der Waals surface area contributed by atoms with Gasteiger partial charge in [0.1, 0.15) is 17.3 Å². The zero-order valence-corrected chi connectivity index (χ0v) is 13.5. The molecule has 20 heavy (non-hydrogen) atoms. The number of nitrogen functional groups attached to an aromatic ring is 1. The average molecular weight is 274 g/mol. The molecule has 0 bridgehead atoms. The summed E-state index contributed by atoms with van der Waals surface area (Å²) in [7, 11) is 0. The SMILES string of the molecule is CCC(C)CC(C)n1c(C)c(C)c2c(N)nc(C)nc21. The maximum Gasteiger partial charge on any atom is 0.146 e. The number of fused-ring (bicyclic) bond motifs is 1. The zero-order chi connectivity index (χ0) is 15.0. The molecule has 110 valence electrons. The summed E-state index contributed by atoms with van der Waals surface area (Å²) in [6, 6.07) is 0.426. The van der Waals surface area contributed by atoms with Crippen LogP contribution in [0.1, 0.15) is 56.7 Å². The van der Waals surface area contributed by atoms with Gasteiger partial charge in [-0.15, -0.1) is 0 Å². The molecule has 0 aliphatic heterocycles. The van der Waals surface area contributed by atoms with Crippen molar-refractivity contribution >= 4 is 16.9 Å². The fourth-order valence-corrected chi connectivity index (χ4v) is 3.03. The van der Waals surface area contributed by atoms with Gasteiger partial charge in [0.05, 0.1) is 5.39 Å². The molecule has 0 spiro atoms. The van der Waals surface area contributed by atoms with E-state index in [9.17, 15) is 0 Å². The first-order valence-electron chi connectivity index (χ1n) is 7.48. The number of aryl methyl sites for hydroxylation is 2. The van der Waals surface area contributed by atoms with Gasteiger partial charge in [-0.1, -0.05) is 20.3 Å². The summed E-state index contributed by atoms with van der Waals surface area (Å²) in [5, 5.41) is 1.02. The average Bonchev–Trinajstić information content (AvgIpc) is 2.61. The highest BCUT2D eigenvalue weighted by Gasteiger charge is 2.20. The fourth-order valence-electron chi connectivity index (χ4n) is 3.03. The van der Waals surface area contributed by atoms with Crippen molar-refractivity contribution < 1.29 is 0 Å². The Kier molecular flexibility index (Phi) is 4.02. The summed E-state index contributed by atoms with van der Waals surface area (Å²) in [6.45, 7) is 13.0. The van der Waals surface area contributed by atoms with Crippen molar-refractivity contribution in [2.24, 2.45) is 5.92 Å². The van der Waals surface area contributed by atoms with Gasteiger partial charge in [0.15, 0.2) is 0 Å². The maximum absolute atomic E-state index is 6.10. The fraction of sp³-hybridized carbons (Fsp3) is 0.625. The lowest BCUT2D eigenvalue weighted by Gasteiger charge is -2.20. The van der Waals surface area contributed by atoms with E-state index in [0.717, 1.165) is 23.3 Å². The van der Waals surface area contributed by atoms with Crippen LogP contribution in [0.5, 0.6) is 0 Å². The van der Waals surface area contributed by atoms with Crippen LogP contribution in [0, 0.1) is 26.7 Å². The molecule has 4 heteroatoms. The van der Waals surface area contributed by atoms with E-state index < -0.39 is 0 Å². The molecule has 2 unspecified atom stereocenters. The van der Waals surface area contributed by atoms with Crippen LogP contribution in [-0.2, 0) is 0 Å². The van der Waals surface area contributed by atoms with Crippen LogP contribution in [-0.4, -0.2) is 14.5 Å². The molecule has 0 aliphatic rings. The Labute approximate surface area is 121 Å². The molecule has 2 heterocycles. The number of aromatic nitrogens is 3. The van der Waals surface area contributed by atoms with Crippen LogP contribution < -0.4 is 5.73 Å². The van der Waals surface area contributed by atoms with Crippen LogP contribution in [0.4, 0.5) is 5.82 Å². The van der Waals surface area contributed by atoms with E-state index in [4.69, 9.17) is 5.73 Å². The Morgan fingerprint density at radius 1 is 1.15 bits per heavy atom. The molecule has 4 nitrogen and oxygen atoms in total. The van der Waals surface area contributed by atoms with Gasteiger partial charge >= 0.3 is 0 Å². The van der Waals surface area contributed by atoms with E-state index in [2.05, 4.69) is 49.2 Å². The lowest BCUT2D eigenvalue weighted by molar-refractivity contribution is 0.400. The summed E-state index contributed by atoms with van der Waals surface area (Å²) in [5.74, 6) is 2.05. The molecular formula is C16H26N4. The number of hydrogen-bond acceptors (Lipinski definition) is 3. The van der Waals surface area contributed by atoms with Gasteiger partial charge < -0.3 is 10.3 Å². The molecule has 0 aliphatic carbocycles. The monoisotopic (exact) mass is 274 g/mol. The van der Waals surface area contributed by atoms with Gasteiger partial charge in [0, 0.05) is 11.7 Å². The smallest absolute Gasteiger partial charge is 0.146 e. The quantitative estimate of drug-likeness (QED) is 0.918. The second kappa shape index (κ2) is 5.43. The van der Waals surface area contributed by atoms with Gasteiger partial charge in [-0.05, 0) is 45.6 Å². The van der Waals surface area contributed by atoms with Gasteiger partial charge in [0.2, 0.25) is 0 Å². The summed E-state index contributed by atoms with van der Waals surface area (Å²) in [5.41, 5.74) is 9.54. The Morgan fingerprint density at radius 2 is 1.80 bits per heavy atom. The van der Waals surface area contributed by atoms with E-state index in [1.54, 1.807) is 0 Å². The third-order valence-electron chi connectivity index (χ3n) is 4.42. The number of anilines is 1. The third-order valence-corrected chi connectivity index (χ3v) is 4.42. The second-order valence-corrected chi connectivity index (χ2v) is 6.03. The van der Waals surface area contributed by atoms with Gasteiger partial charge in [-0.25, -0.2) is 9.97 Å². The van der Waals surface area contributed by atoms with Crippen LogP contribution in [0.25, 0.3) is 11.0 Å². The van der Waals surface area contributed by atoms with Crippen molar-refractivity contribution in [2.75, 3.05) is 5.73 Å². The molecule has 2 N–H and O–H groups in total. The Balaban J connectivity index is 2.61. The second-order valence-electron chi connectivity index (χ2n) is 6.03. The molecule has 2 aromatic rings. The largest absolute Gasteiger partial charge is 0.383 e. The normalized spacial score (nSPS) is 14.7. The first-order valence-corrected chi connectivity index (χ1v) is 7.48. The maximum atomic E-state index is 6.10. The van der Waals surface area contributed by atoms with E-state index in [0.29, 0.717) is 17.8 Å². The lowest BCUT2D eigenvalue weighted by atomic mass is 10.00. The highest BCUT2D eigenvalue weighted by molar-refractivity contribution is 5.91. The number of nitrogens with two attached hydrogens (primary N) is 1. The summed E-state index contributed by atoms with van der Waals surface area (Å²) >= 11 is 0. The highest BCUT2D eigenvalue weighted by atomic mass is 15.1. The number of rotatable bonds is 4. The van der Waals surface area contributed by atoms with E-state index in [1.807, 2.05) is 6.92 Å². The van der Waals surface area contributed by atoms with Crippen LogP contribution in [0.15, 0.2) is 0 Å². The molecule has 0 saturated heterocycles. The zero-order valence-electron chi connectivity index (χ0n) is 13.5. The minimum Gasteiger partial charge on any atom is -0.383 e. The molecule has 0 aromatic carbocycles. The lowest BCUT2D eigenvalue weighted by Crippen LogP contribution is -2.12.